The molecule has 0 heterocycles. The Morgan fingerprint density at radius 3 is 1.68 bits per heavy atom. The summed E-state index contributed by atoms with van der Waals surface area (Å²) in [6, 6.07) is 0. The van der Waals surface area contributed by atoms with Crippen molar-refractivity contribution in [1.82, 2.24) is 0 Å². The minimum absolute atomic E-state index is 0.0114. The molecule has 0 amide bonds. The van der Waals surface area contributed by atoms with E-state index in [1.54, 1.807) is 0 Å². The van der Waals surface area contributed by atoms with Gasteiger partial charge in [-0.25, -0.2) is 0 Å². The second kappa shape index (κ2) is 11.8. The molecule has 1 atom stereocenters. The first-order valence-electron chi connectivity index (χ1n) is 9.89. The average molecular weight is 550 g/mol. The molecule has 0 N–H and O–H groups in total. The number of unbranched alkanes of at least 4 members (excludes halogenated alkanes) is 3. The molecular weight excluding hydrogens is 527 g/mol. The standard InChI is InChI=1S/C18H23F13O2S/c1-3-5-6-7-8-11(12(32)33-4-2)34-10-9-13(19,20)14(21,22)15(23,24)16(25,26)17(27,28)18(29,30)31/h11H,3-10H2,1-2H3. The van der Waals surface area contributed by atoms with Gasteiger partial charge < -0.3 is 4.74 Å². The Kier molecular flexibility index (Phi) is 11.4. The van der Waals surface area contributed by atoms with Crippen molar-refractivity contribution in [1.29, 1.82) is 0 Å². The van der Waals surface area contributed by atoms with Crippen LogP contribution >= 0.6 is 11.8 Å². The molecule has 2 nitrogen and oxygen atoms in total. The van der Waals surface area contributed by atoms with Gasteiger partial charge in [-0.15, -0.1) is 11.8 Å². The lowest BCUT2D eigenvalue weighted by Gasteiger charge is -2.39. The lowest BCUT2D eigenvalue weighted by Crippen LogP contribution is -2.70. The number of carbonyl (C=O) groups is 1. The highest BCUT2D eigenvalue weighted by Gasteiger charge is 2.90. The maximum Gasteiger partial charge on any atom is 0.460 e. The summed E-state index contributed by atoms with van der Waals surface area (Å²) in [6.07, 6.45) is -7.28. The van der Waals surface area contributed by atoms with Crippen LogP contribution in [0.25, 0.3) is 0 Å². The number of carbonyl (C=O) groups excluding carboxylic acids is 1. The van der Waals surface area contributed by atoms with Gasteiger partial charge in [0, 0.05) is 12.2 Å². The van der Waals surface area contributed by atoms with Gasteiger partial charge in [-0.2, -0.15) is 57.1 Å². The smallest absolute Gasteiger partial charge is 0.460 e. The van der Waals surface area contributed by atoms with Gasteiger partial charge in [-0.05, 0) is 13.3 Å². The molecule has 0 aliphatic rings. The minimum Gasteiger partial charge on any atom is -0.465 e. The zero-order valence-electron chi connectivity index (χ0n) is 17.9. The van der Waals surface area contributed by atoms with Crippen LogP contribution in [0.15, 0.2) is 0 Å². The Labute approximate surface area is 190 Å². The van der Waals surface area contributed by atoms with E-state index in [-0.39, 0.29) is 24.8 Å². The Morgan fingerprint density at radius 1 is 0.735 bits per heavy atom. The highest BCUT2D eigenvalue weighted by molar-refractivity contribution is 8.00. The van der Waals surface area contributed by atoms with Crippen LogP contribution in [-0.4, -0.2) is 59.4 Å². The van der Waals surface area contributed by atoms with Crippen LogP contribution < -0.4 is 0 Å². The third-order valence-electron chi connectivity index (χ3n) is 4.60. The Balaban J connectivity index is 5.61. The van der Waals surface area contributed by atoms with Crippen LogP contribution in [0.5, 0.6) is 0 Å². The number of hydrogen-bond donors (Lipinski definition) is 0. The molecule has 0 aliphatic heterocycles. The van der Waals surface area contributed by atoms with Crippen LogP contribution in [0.4, 0.5) is 57.1 Å². The van der Waals surface area contributed by atoms with Crippen LogP contribution in [0.1, 0.15) is 52.4 Å². The van der Waals surface area contributed by atoms with Crippen molar-refractivity contribution in [2.24, 2.45) is 0 Å². The fourth-order valence-electron chi connectivity index (χ4n) is 2.55. The summed E-state index contributed by atoms with van der Waals surface area (Å²) in [5, 5.41) is -1.21. The molecule has 0 rings (SSSR count). The van der Waals surface area contributed by atoms with Gasteiger partial charge >= 0.3 is 41.8 Å². The summed E-state index contributed by atoms with van der Waals surface area (Å²) in [5.41, 5.74) is 0. The summed E-state index contributed by atoms with van der Waals surface area (Å²) in [5.74, 6) is -39.1. The summed E-state index contributed by atoms with van der Waals surface area (Å²) in [6.45, 7) is 3.10. The molecule has 0 aliphatic carbocycles. The molecule has 16 heteroatoms. The Hall–Kier alpha value is -1.09. The zero-order valence-corrected chi connectivity index (χ0v) is 18.7. The number of rotatable bonds is 15. The first kappa shape index (κ1) is 32.9. The van der Waals surface area contributed by atoms with E-state index in [0.29, 0.717) is 12.8 Å². The second-order valence-electron chi connectivity index (χ2n) is 7.21. The topological polar surface area (TPSA) is 26.3 Å². The van der Waals surface area contributed by atoms with E-state index in [9.17, 15) is 61.9 Å². The maximum absolute atomic E-state index is 13.8. The van der Waals surface area contributed by atoms with Crippen molar-refractivity contribution >= 4 is 17.7 Å². The predicted octanol–water partition coefficient (Wildman–Crippen LogP) is 7.75. The number of ether oxygens (including phenoxy) is 1. The highest BCUT2D eigenvalue weighted by atomic mass is 32.2. The van der Waals surface area contributed by atoms with E-state index in [0.717, 1.165) is 12.8 Å². The molecule has 0 radical (unpaired) electrons. The van der Waals surface area contributed by atoms with Gasteiger partial charge in [0.2, 0.25) is 0 Å². The summed E-state index contributed by atoms with van der Waals surface area (Å²) < 4.78 is 175. The second-order valence-corrected chi connectivity index (χ2v) is 8.52. The van der Waals surface area contributed by atoms with Crippen molar-refractivity contribution in [3.63, 3.8) is 0 Å². The largest absolute Gasteiger partial charge is 0.465 e. The number of alkyl halides is 13. The molecule has 0 fully saturated rings. The fourth-order valence-corrected chi connectivity index (χ4v) is 3.75. The Morgan fingerprint density at radius 2 is 1.24 bits per heavy atom. The number of hydrogen-bond acceptors (Lipinski definition) is 3. The van der Waals surface area contributed by atoms with E-state index >= 15 is 0 Å². The third-order valence-corrected chi connectivity index (χ3v) is 5.87. The maximum atomic E-state index is 13.8. The molecule has 0 bridgehead atoms. The van der Waals surface area contributed by atoms with Crippen LogP contribution in [0.3, 0.4) is 0 Å². The number of halogens is 13. The molecule has 1 unspecified atom stereocenters. The summed E-state index contributed by atoms with van der Waals surface area (Å²) in [7, 11) is 0. The van der Waals surface area contributed by atoms with E-state index in [4.69, 9.17) is 0 Å². The fraction of sp³-hybridized carbons (Fsp3) is 0.944. The van der Waals surface area contributed by atoms with Gasteiger partial charge in [-0.1, -0.05) is 32.6 Å². The molecule has 0 aromatic carbocycles. The molecule has 0 saturated heterocycles. The van der Waals surface area contributed by atoms with Gasteiger partial charge in [0.1, 0.15) is 5.25 Å². The molecule has 34 heavy (non-hydrogen) atoms. The lowest BCUT2D eigenvalue weighted by molar-refractivity contribution is -0.439. The van der Waals surface area contributed by atoms with Gasteiger partial charge in [-0.3, -0.25) is 4.79 Å². The van der Waals surface area contributed by atoms with Crippen LogP contribution in [-0.2, 0) is 9.53 Å². The first-order valence-corrected chi connectivity index (χ1v) is 10.9. The lowest BCUT2D eigenvalue weighted by atomic mass is 9.93. The van der Waals surface area contributed by atoms with Crippen molar-refractivity contribution in [2.45, 2.75) is 93.4 Å². The minimum atomic E-state index is -7.91. The quantitative estimate of drug-likeness (QED) is 0.119. The average Bonchev–Trinajstić information content (AvgIpc) is 2.68. The molecule has 0 spiro atoms. The van der Waals surface area contributed by atoms with Crippen LogP contribution in [0.2, 0.25) is 0 Å². The predicted molar refractivity (Wildman–Crippen MR) is 97.0 cm³/mol. The monoisotopic (exact) mass is 550 g/mol. The number of esters is 1. The van der Waals surface area contributed by atoms with Gasteiger partial charge in [0.25, 0.3) is 0 Å². The number of thioether (sulfide) groups is 1. The normalized spacial score (nSPS) is 15.4. The highest BCUT2D eigenvalue weighted by Crippen LogP contribution is 2.60. The first-order chi connectivity index (χ1) is 15.2. The Bertz CT molecular complexity index is 650. The van der Waals surface area contributed by atoms with E-state index < -0.39 is 59.2 Å². The van der Waals surface area contributed by atoms with Crippen molar-refractivity contribution in [2.75, 3.05) is 12.4 Å². The van der Waals surface area contributed by atoms with Crippen molar-refractivity contribution in [3.05, 3.63) is 0 Å². The van der Waals surface area contributed by atoms with E-state index in [1.165, 1.54) is 6.92 Å². The molecule has 0 aromatic heterocycles. The summed E-state index contributed by atoms with van der Waals surface area (Å²) >= 11 is 0.250. The van der Waals surface area contributed by atoms with Gasteiger partial charge in [0.15, 0.2) is 0 Å². The molecule has 0 aromatic rings. The van der Waals surface area contributed by atoms with Crippen molar-refractivity contribution < 1.29 is 66.6 Å². The zero-order chi connectivity index (χ0) is 27.2. The third kappa shape index (κ3) is 6.77. The van der Waals surface area contributed by atoms with E-state index in [2.05, 4.69) is 4.74 Å². The van der Waals surface area contributed by atoms with E-state index in [1.807, 2.05) is 6.92 Å². The van der Waals surface area contributed by atoms with Crippen molar-refractivity contribution in [3.8, 4) is 0 Å². The molecule has 204 valence electrons. The summed E-state index contributed by atoms with van der Waals surface area (Å²) in [4.78, 5) is 11.9. The van der Waals surface area contributed by atoms with Crippen LogP contribution in [0, 0.1) is 0 Å². The molecular formula is C18H23F13O2S. The SMILES string of the molecule is CCCCCCC(SCCC(F)(F)C(F)(F)C(F)(F)C(F)(F)C(F)(F)C(F)(F)F)C(=O)OCC. The van der Waals surface area contributed by atoms with Gasteiger partial charge in [0.05, 0.1) is 6.61 Å². The molecule has 0 saturated carbocycles.